The molecule has 1 aromatic carbocycles. The maximum absolute atomic E-state index is 10.1. The Hall–Kier alpha value is -0.970. The first-order chi connectivity index (χ1) is 6.59. The van der Waals surface area contributed by atoms with Crippen LogP contribution in [0.4, 0.5) is 4.79 Å². The quantitative estimate of drug-likeness (QED) is 0.704. The lowest BCUT2D eigenvalue weighted by molar-refractivity contribution is 0.189. The predicted octanol–water partition coefficient (Wildman–Crippen LogP) is 2.27. The minimum absolute atomic E-state index is 0.308. The molecule has 0 aliphatic rings. The van der Waals surface area contributed by atoms with Crippen LogP contribution < -0.4 is 10.9 Å². The van der Waals surface area contributed by atoms with Gasteiger partial charge in [-0.15, -0.1) is 0 Å². The maximum atomic E-state index is 10.1. The summed E-state index contributed by atoms with van der Waals surface area (Å²) in [6, 6.07) is 5.01. The summed E-state index contributed by atoms with van der Waals surface area (Å²) < 4.78 is 0. The molecule has 3 N–H and O–H groups in total. The third kappa shape index (κ3) is 3.41. The number of hydrogen-bond donors (Lipinski definition) is 3. The predicted molar refractivity (Wildman–Crippen MR) is 54.5 cm³/mol. The van der Waals surface area contributed by atoms with Crippen molar-refractivity contribution in [2.45, 2.75) is 6.54 Å². The fourth-order valence-corrected chi connectivity index (χ4v) is 1.36. The van der Waals surface area contributed by atoms with Gasteiger partial charge in [0.1, 0.15) is 0 Å². The largest absolute Gasteiger partial charge is 0.464 e. The molecule has 0 aromatic heterocycles. The number of benzene rings is 1. The lowest BCUT2D eigenvalue weighted by Gasteiger charge is -2.05. The molecule has 4 nitrogen and oxygen atoms in total. The van der Waals surface area contributed by atoms with Crippen LogP contribution in [0.25, 0.3) is 0 Å². The van der Waals surface area contributed by atoms with E-state index in [2.05, 4.69) is 5.43 Å². The van der Waals surface area contributed by atoms with Gasteiger partial charge in [-0.25, -0.2) is 10.2 Å². The fraction of sp³-hybridized carbons (Fsp3) is 0.125. The number of rotatable bonds is 3. The van der Waals surface area contributed by atoms with Crippen LogP contribution in [0, 0.1) is 0 Å². The molecule has 0 saturated heterocycles. The van der Waals surface area contributed by atoms with Crippen molar-refractivity contribution in [3.8, 4) is 0 Å². The maximum Gasteiger partial charge on any atom is 0.419 e. The summed E-state index contributed by atoms with van der Waals surface area (Å²) in [6.07, 6.45) is -1.14. The zero-order chi connectivity index (χ0) is 10.6. The average Bonchev–Trinajstić information content (AvgIpc) is 2.08. The third-order valence-electron chi connectivity index (χ3n) is 1.49. The highest BCUT2D eigenvalue weighted by molar-refractivity contribution is 6.35. The van der Waals surface area contributed by atoms with Gasteiger partial charge in [0.2, 0.25) is 0 Å². The van der Waals surface area contributed by atoms with Crippen LogP contribution in [0.3, 0.4) is 0 Å². The molecule has 0 fully saturated rings. The number of hydrazine groups is 1. The van der Waals surface area contributed by atoms with Gasteiger partial charge in [0.05, 0.1) is 0 Å². The van der Waals surface area contributed by atoms with Crippen LogP contribution in [-0.4, -0.2) is 11.2 Å². The van der Waals surface area contributed by atoms with Gasteiger partial charge in [0.25, 0.3) is 0 Å². The Morgan fingerprint density at radius 3 is 2.71 bits per heavy atom. The molecule has 6 heteroatoms. The molecular weight excluding hydrogens is 227 g/mol. The zero-order valence-electron chi connectivity index (χ0n) is 7.05. The van der Waals surface area contributed by atoms with E-state index in [1.54, 1.807) is 18.2 Å². The summed E-state index contributed by atoms with van der Waals surface area (Å²) in [4.78, 5) is 10.1. The molecule has 14 heavy (non-hydrogen) atoms. The molecule has 0 aliphatic heterocycles. The van der Waals surface area contributed by atoms with Crippen LogP contribution in [0.1, 0.15) is 5.56 Å². The molecule has 76 valence electrons. The minimum atomic E-state index is -1.14. The van der Waals surface area contributed by atoms with Crippen LogP contribution in [0.2, 0.25) is 10.0 Å². The van der Waals surface area contributed by atoms with E-state index >= 15 is 0 Å². The second-order valence-electron chi connectivity index (χ2n) is 2.52. The van der Waals surface area contributed by atoms with Crippen LogP contribution in [-0.2, 0) is 6.54 Å². The molecule has 1 rings (SSSR count). The Morgan fingerprint density at radius 1 is 1.43 bits per heavy atom. The van der Waals surface area contributed by atoms with Crippen molar-refractivity contribution in [1.29, 1.82) is 0 Å². The second-order valence-corrected chi connectivity index (χ2v) is 3.36. The van der Waals surface area contributed by atoms with Crippen molar-refractivity contribution < 1.29 is 9.90 Å². The van der Waals surface area contributed by atoms with Crippen LogP contribution >= 0.6 is 23.2 Å². The molecule has 1 aromatic rings. The van der Waals surface area contributed by atoms with Crippen LogP contribution in [0.15, 0.2) is 18.2 Å². The van der Waals surface area contributed by atoms with E-state index < -0.39 is 6.09 Å². The number of amides is 1. The first kappa shape index (κ1) is 11.1. The molecule has 0 aliphatic carbocycles. The highest BCUT2D eigenvalue weighted by atomic mass is 35.5. The summed E-state index contributed by atoms with van der Waals surface area (Å²) in [5, 5.41) is 9.32. The molecular formula is C8H8Cl2N2O2. The normalized spacial score (nSPS) is 9.86. The van der Waals surface area contributed by atoms with Crippen molar-refractivity contribution in [2.24, 2.45) is 0 Å². The zero-order valence-corrected chi connectivity index (χ0v) is 8.56. The Balaban J connectivity index is 2.55. The van der Waals surface area contributed by atoms with Gasteiger partial charge in [-0.2, -0.15) is 0 Å². The standard InChI is InChI=1S/C8H8Cl2N2O2/c9-6-2-1-5(7(10)3-6)4-11-12-8(13)14/h1-3,11-12H,4H2,(H,13,14). The molecule has 0 heterocycles. The topological polar surface area (TPSA) is 61.4 Å². The first-order valence-electron chi connectivity index (χ1n) is 3.75. The van der Waals surface area contributed by atoms with E-state index in [0.29, 0.717) is 16.6 Å². The van der Waals surface area contributed by atoms with E-state index in [-0.39, 0.29) is 0 Å². The summed E-state index contributed by atoms with van der Waals surface area (Å²) in [6.45, 7) is 0.308. The van der Waals surface area contributed by atoms with Crippen LogP contribution in [0.5, 0.6) is 0 Å². The molecule has 0 spiro atoms. The minimum Gasteiger partial charge on any atom is -0.464 e. The smallest absolute Gasteiger partial charge is 0.419 e. The van der Waals surface area contributed by atoms with Gasteiger partial charge in [-0.1, -0.05) is 29.3 Å². The SMILES string of the molecule is O=C(O)NNCc1ccc(Cl)cc1Cl. The Bertz CT molecular complexity index is 344. The highest BCUT2D eigenvalue weighted by Gasteiger charge is 2.01. The third-order valence-corrected chi connectivity index (χ3v) is 2.08. The summed E-state index contributed by atoms with van der Waals surface area (Å²) in [7, 11) is 0. The van der Waals surface area contributed by atoms with Gasteiger partial charge >= 0.3 is 6.09 Å². The van der Waals surface area contributed by atoms with Crippen molar-refractivity contribution >= 4 is 29.3 Å². The van der Waals surface area contributed by atoms with Gasteiger partial charge in [0.15, 0.2) is 0 Å². The second kappa shape index (κ2) is 5.05. The van der Waals surface area contributed by atoms with Gasteiger partial charge < -0.3 is 5.11 Å². The van der Waals surface area contributed by atoms with Crippen molar-refractivity contribution in [1.82, 2.24) is 10.9 Å². The number of halogens is 2. The van der Waals surface area contributed by atoms with E-state index in [4.69, 9.17) is 28.3 Å². The Labute approximate surface area is 90.8 Å². The number of hydrogen-bond acceptors (Lipinski definition) is 2. The van der Waals surface area contributed by atoms with Crippen molar-refractivity contribution in [3.63, 3.8) is 0 Å². The van der Waals surface area contributed by atoms with E-state index in [9.17, 15) is 4.79 Å². The molecule has 1 amide bonds. The lowest BCUT2D eigenvalue weighted by atomic mass is 10.2. The number of nitrogens with one attached hydrogen (secondary N) is 2. The molecule has 0 bridgehead atoms. The molecule has 0 atom stereocenters. The molecule has 0 unspecified atom stereocenters. The molecule has 0 radical (unpaired) electrons. The van der Waals surface area contributed by atoms with Gasteiger partial charge in [0, 0.05) is 16.6 Å². The first-order valence-corrected chi connectivity index (χ1v) is 4.51. The van der Waals surface area contributed by atoms with Gasteiger partial charge in [-0.3, -0.25) is 5.43 Å². The number of carbonyl (C=O) groups is 1. The highest BCUT2D eigenvalue weighted by Crippen LogP contribution is 2.20. The van der Waals surface area contributed by atoms with Crippen molar-refractivity contribution in [2.75, 3.05) is 0 Å². The summed E-state index contributed by atoms with van der Waals surface area (Å²) in [5.74, 6) is 0. The monoisotopic (exact) mass is 234 g/mol. The molecule has 0 saturated carbocycles. The van der Waals surface area contributed by atoms with Crippen molar-refractivity contribution in [3.05, 3.63) is 33.8 Å². The van der Waals surface area contributed by atoms with E-state index in [0.717, 1.165) is 5.56 Å². The lowest BCUT2D eigenvalue weighted by Crippen LogP contribution is -2.35. The average molecular weight is 235 g/mol. The number of carboxylic acid groups (broad SMARTS) is 1. The fourth-order valence-electron chi connectivity index (χ4n) is 0.880. The Kier molecular flexibility index (Phi) is 4.00. The summed E-state index contributed by atoms with van der Waals surface area (Å²) >= 11 is 11.5. The van der Waals surface area contributed by atoms with Gasteiger partial charge in [-0.05, 0) is 17.7 Å². The van der Waals surface area contributed by atoms with E-state index in [1.807, 2.05) is 5.43 Å². The Morgan fingerprint density at radius 2 is 2.14 bits per heavy atom. The van der Waals surface area contributed by atoms with E-state index in [1.165, 1.54) is 0 Å². The summed E-state index contributed by atoms with van der Waals surface area (Å²) in [5.41, 5.74) is 5.26.